The van der Waals surface area contributed by atoms with Gasteiger partial charge in [0.25, 0.3) is 5.56 Å². The summed E-state index contributed by atoms with van der Waals surface area (Å²) in [4.78, 5) is 36.4. The Morgan fingerprint density at radius 2 is 1.81 bits per heavy atom. The van der Waals surface area contributed by atoms with Crippen LogP contribution in [0.3, 0.4) is 0 Å². The van der Waals surface area contributed by atoms with Crippen molar-refractivity contribution in [3.8, 4) is 5.75 Å². The third kappa shape index (κ3) is 6.23. The second-order valence-electron chi connectivity index (χ2n) is 5.87. The molecule has 0 atom stereocenters. The average Bonchev–Trinajstić information content (AvgIpc) is 2.64. The summed E-state index contributed by atoms with van der Waals surface area (Å²) in [7, 11) is 0. The molecular weight excluding hydrogens is 336 g/mol. The van der Waals surface area contributed by atoms with E-state index < -0.39 is 0 Å². The number of nitrogens with zero attached hydrogens (tertiary/aromatic N) is 1. The second kappa shape index (κ2) is 10.2. The highest BCUT2D eigenvalue weighted by Gasteiger charge is 2.06. The molecule has 0 radical (unpaired) electrons. The highest BCUT2D eigenvalue weighted by Crippen LogP contribution is 2.14. The first kappa shape index (κ1) is 19.5. The first-order valence-corrected chi connectivity index (χ1v) is 8.80. The molecule has 0 aliphatic rings. The van der Waals surface area contributed by atoms with Crippen molar-refractivity contribution in [1.29, 1.82) is 0 Å². The summed E-state index contributed by atoms with van der Waals surface area (Å²) in [5, 5.41) is 0. The molecule has 0 saturated carbocycles. The predicted molar refractivity (Wildman–Crippen MR) is 97.7 cm³/mol. The van der Waals surface area contributed by atoms with Crippen molar-refractivity contribution in [1.82, 2.24) is 9.55 Å². The van der Waals surface area contributed by atoms with Crippen LogP contribution in [0.1, 0.15) is 43.0 Å². The van der Waals surface area contributed by atoms with Crippen LogP contribution in [-0.4, -0.2) is 28.7 Å². The number of H-pyrrole nitrogens is 1. The third-order valence-corrected chi connectivity index (χ3v) is 3.74. The Kier molecular flexibility index (Phi) is 7.67. The van der Waals surface area contributed by atoms with Gasteiger partial charge in [-0.1, -0.05) is 6.92 Å². The first-order chi connectivity index (χ1) is 12.6. The Hall–Kier alpha value is -2.83. The maximum atomic E-state index is 11.7. The number of aryl methyl sites for hydroxylation is 1. The van der Waals surface area contributed by atoms with E-state index in [9.17, 15) is 14.4 Å². The topological polar surface area (TPSA) is 90.4 Å². The minimum Gasteiger partial charge on any atom is -0.494 e. The molecule has 1 aromatic heterocycles. The van der Waals surface area contributed by atoms with Crippen LogP contribution in [0, 0.1) is 0 Å². The molecule has 2 rings (SSSR count). The maximum absolute atomic E-state index is 11.7. The summed E-state index contributed by atoms with van der Waals surface area (Å²) < 4.78 is 12.2. The molecule has 1 aromatic carbocycles. The molecule has 7 nitrogen and oxygen atoms in total. The van der Waals surface area contributed by atoms with E-state index in [1.54, 1.807) is 24.3 Å². The minimum absolute atomic E-state index is 0.323. The smallest absolute Gasteiger partial charge is 0.338 e. The van der Waals surface area contributed by atoms with Crippen molar-refractivity contribution in [2.24, 2.45) is 0 Å². The summed E-state index contributed by atoms with van der Waals surface area (Å²) in [5.74, 6) is 0.379. The summed E-state index contributed by atoms with van der Waals surface area (Å²) in [6.45, 7) is 3.48. The van der Waals surface area contributed by atoms with E-state index in [0.717, 1.165) is 25.7 Å². The lowest BCUT2D eigenvalue weighted by Gasteiger charge is -2.08. The van der Waals surface area contributed by atoms with Crippen LogP contribution in [-0.2, 0) is 11.3 Å². The van der Waals surface area contributed by atoms with Gasteiger partial charge in [-0.05, 0) is 49.9 Å². The van der Waals surface area contributed by atoms with Gasteiger partial charge in [0.05, 0.1) is 18.8 Å². The van der Waals surface area contributed by atoms with Gasteiger partial charge in [-0.3, -0.25) is 9.78 Å². The van der Waals surface area contributed by atoms with E-state index >= 15 is 0 Å². The number of benzene rings is 1. The Morgan fingerprint density at radius 1 is 1.04 bits per heavy atom. The van der Waals surface area contributed by atoms with Crippen LogP contribution in [0.25, 0.3) is 0 Å². The number of hydrogen-bond acceptors (Lipinski definition) is 5. The average molecular weight is 360 g/mol. The van der Waals surface area contributed by atoms with Crippen molar-refractivity contribution in [2.75, 3.05) is 13.2 Å². The van der Waals surface area contributed by atoms with Crippen molar-refractivity contribution in [3.63, 3.8) is 0 Å². The number of esters is 1. The number of aromatic nitrogens is 2. The SMILES string of the molecule is CCCOC(=O)c1ccc(OCCCCCn2ccc(=O)[nH]c2=O)cc1. The fraction of sp³-hybridized carbons (Fsp3) is 0.421. The second-order valence-corrected chi connectivity index (χ2v) is 5.87. The van der Waals surface area contributed by atoms with Gasteiger partial charge < -0.3 is 14.0 Å². The normalized spacial score (nSPS) is 10.5. The Balaban J connectivity index is 1.66. The third-order valence-electron chi connectivity index (χ3n) is 3.74. The molecule has 26 heavy (non-hydrogen) atoms. The zero-order valence-corrected chi connectivity index (χ0v) is 14.9. The number of nitrogens with one attached hydrogen (secondary N) is 1. The lowest BCUT2D eigenvalue weighted by molar-refractivity contribution is 0.0505. The van der Waals surface area contributed by atoms with Crippen LogP contribution >= 0.6 is 0 Å². The van der Waals surface area contributed by atoms with E-state index in [-0.39, 0.29) is 17.2 Å². The number of hydrogen-bond donors (Lipinski definition) is 1. The molecule has 1 heterocycles. The van der Waals surface area contributed by atoms with Crippen LogP contribution in [0.15, 0.2) is 46.1 Å². The largest absolute Gasteiger partial charge is 0.494 e. The predicted octanol–water partition coefficient (Wildman–Crippen LogP) is 2.35. The molecule has 0 unspecified atom stereocenters. The number of carbonyl (C=O) groups is 1. The summed E-state index contributed by atoms with van der Waals surface area (Å²) >= 11 is 0. The standard InChI is InChI=1S/C19H24N2O5/c1-2-13-26-18(23)15-6-8-16(9-7-15)25-14-5-3-4-11-21-12-10-17(22)20-19(21)24/h6-10,12H,2-5,11,13-14H2,1H3,(H,20,22,24). The molecule has 0 bridgehead atoms. The van der Waals surface area contributed by atoms with Crippen LogP contribution < -0.4 is 16.0 Å². The van der Waals surface area contributed by atoms with Gasteiger partial charge in [-0.15, -0.1) is 0 Å². The van der Waals surface area contributed by atoms with Crippen molar-refractivity contribution in [2.45, 2.75) is 39.2 Å². The number of aromatic amines is 1. The molecule has 0 amide bonds. The van der Waals surface area contributed by atoms with Crippen molar-refractivity contribution < 1.29 is 14.3 Å². The van der Waals surface area contributed by atoms with E-state index in [1.807, 2.05) is 6.92 Å². The number of carbonyl (C=O) groups excluding carboxylic acids is 1. The summed E-state index contributed by atoms with van der Waals surface area (Å²) in [5.41, 5.74) is -0.257. The minimum atomic E-state index is -0.385. The number of unbranched alkanes of at least 4 members (excludes halogenated alkanes) is 2. The Bertz CT molecular complexity index is 808. The zero-order chi connectivity index (χ0) is 18.8. The van der Waals surface area contributed by atoms with Gasteiger partial charge in [0.2, 0.25) is 0 Å². The zero-order valence-electron chi connectivity index (χ0n) is 14.9. The van der Waals surface area contributed by atoms with Gasteiger partial charge in [-0.2, -0.15) is 0 Å². The fourth-order valence-corrected chi connectivity index (χ4v) is 2.34. The van der Waals surface area contributed by atoms with E-state index in [2.05, 4.69) is 4.98 Å². The number of ether oxygens (including phenoxy) is 2. The molecule has 1 N–H and O–H groups in total. The highest BCUT2D eigenvalue weighted by molar-refractivity contribution is 5.89. The van der Waals surface area contributed by atoms with E-state index in [4.69, 9.17) is 9.47 Å². The van der Waals surface area contributed by atoms with Crippen LogP contribution in [0.2, 0.25) is 0 Å². The van der Waals surface area contributed by atoms with Crippen LogP contribution in [0.4, 0.5) is 0 Å². The Labute approximate surface area is 151 Å². The molecule has 0 saturated heterocycles. The fourth-order valence-electron chi connectivity index (χ4n) is 2.34. The molecule has 2 aromatic rings. The van der Waals surface area contributed by atoms with Crippen LogP contribution in [0.5, 0.6) is 5.75 Å². The molecule has 0 aliphatic heterocycles. The molecule has 0 aliphatic carbocycles. The molecule has 7 heteroatoms. The van der Waals surface area contributed by atoms with Crippen molar-refractivity contribution >= 4 is 5.97 Å². The van der Waals surface area contributed by atoms with E-state index in [0.29, 0.717) is 31.1 Å². The maximum Gasteiger partial charge on any atom is 0.338 e. The molecule has 0 spiro atoms. The molecule has 0 fully saturated rings. The van der Waals surface area contributed by atoms with Gasteiger partial charge in [0.1, 0.15) is 5.75 Å². The summed E-state index contributed by atoms with van der Waals surface area (Å²) in [6.07, 6.45) is 4.86. The Morgan fingerprint density at radius 3 is 2.50 bits per heavy atom. The lowest BCUT2D eigenvalue weighted by Crippen LogP contribution is -2.28. The molecule has 140 valence electrons. The van der Waals surface area contributed by atoms with Crippen molar-refractivity contribution in [3.05, 3.63) is 62.9 Å². The number of rotatable bonds is 10. The van der Waals surface area contributed by atoms with Gasteiger partial charge >= 0.3 is 11.7 Å². The first-order valence-electron chi connectivity index (χ1n) is 8.80. The monoisotopic (exact) mass is 360 g/mol. The summed E-state index contributed by atoms with van der Waals surface area (Å²) in [6, 6.07) is 8.23. The quantitative estimate of drug-likeness (QED) is 0.519. The highest BCUT2D eigenvalue weighted by atomic mass is 16.5. The van der Waals surface area contributed by atoms with Gasteiger partial charge in [-0.25, -0.2) is 9.59 Å². The molecular formula is C19H24N2O5. The van der Waals surface area contributed by atoms with E-state index in [1.165, 1.54) is 16.8 Å². The van der Waals surface area contributed by atoms with Gasteiger partial charge in [0, 0.05) is 18.8 Å². The van der Waals surface area contributed by atoms with Gasteiger partial charge in [0.15, 0.2) is 0 Å². The lowest BCUT2D eigenvalue weighted by atomic mass is 10.2.